The first-order chi connectivity index (χ1) is 30.5. The van der Waals surface area contributed by atoms with E-state index in [0.717, 1.165) is 11.1 Å². The first-order valence-electron chi connectivity index (χ1n) is 20.4. The SMILES string of the molecule is c1ccc(OP2(Oc3ccccc3)=NP(Oc3ccccc3)(Oc3ccccc3)=NP(Oc3ccccc3CCOCC3CO3)(Oc3ccccc3CCOCC3CO3)=N2)cc1. The van der Waals surface area contributed by atoms with Gasteiger partial charge in [-0.1, -0.05) is 123 Å². The topological polar surface area (TPSA) is 136 Å². The van der Waals surface area contributed by atoms with Gasteiger partial charge in [0.05, 0.1) is 39.6 Å². The molecule has 2 saturated heterocycles. The highest BCUT2D eigenvalue weighted by molar-refractivity contribution is 7.79. The number of benzene rings is 6. The van der Waals surface area contributed by atoms with Crippen LogP contribution in [0.15, 0.2) is 183 Å². The molecule has 0 radical (unpaired) electrons. The summed E-state index contributed by atoms with van der Waals surface area (Å²) in [4.78, 5) is 0. The van der Waals surface area contributed by atoms with Crippen molar-refractivity contribution in [2.24, 2.45) is 13.5 Å². The molecule has 0 aliphatic carbocycles. The lowest BCUT2D eigenvalue weighted by Gasteiger charge is -2.33. The summed E-state index contributed by atoms with van der Waals surface area (Å²) in [6, 6.07) is 52.4. The first kappa shape index (κ1) is 42.0. The Bertz CT molecular complexity index is 2320. The average molecular weight is 894 g/mol. The van der Waals surface area contributed by atoms with Gasteiger partial charge in [0.2, 0.25) is 0 Å². The lowest BCUT2D eigenvalue weighted by molar-refractivity contribution is 0.119. The Labute approximate surface area is 361 Å². The quantitative estimate of drug-likeness (QED) is 0.0368. The molecule has 0 spiro atoms. The number of epoxide rings is 2. The van der Waals surface area contributed by atoms with Gasteiger partial charge in [-0.15, -0.1) is 0 Å². The molecule has 0 aromatic heterocycles. The Morgan fingerprint density at radius 2 is 0.677 bits per heavy atom. The van der Waals surface area contributed by atoms with Crippen LogP contribution in [0.5, 0.6) is 34.5 Å². The predicted octanol–water partition coefficient (Wildman–Crippen LogP) is 12.2. The Hall–Kier alpha value is -5.35. The second kappa shape index (κ2) is 19.8. The summed E-state index contributed by atoms with van der Waals surface area (Å²) in [5.74, 6) is 2.71. The maximum atomic E-state index is 7.25. The standard InChI is InChI=1S/C46H46N3O10P3/c1-5-19-39(20-6-1)54-60(55-40-21-7-2-8-22-40)47-61(56-41-23-9-3-10-24-41,57-42-25-11-4-12-26-42)49-62(48-60,58-45-27-15-13-17-37(45)29-31-50-33-43-35-52-43)59-46-28-16-14-18-38(46)30-32-51-34-44-36-53-44/h1-28,43-44H,29-36H2. The zero-order valence-corrected chi connectivity index (χ0v) is 36.4. The molecule has 3 aliphatic rings. The first-order valence-corrected chi connectivity index (χ1v) is 25.0. The van der Waals surface area contributed by atoms with Crippen molar-refractivity contribution in [3.8, 4) is 34.5 Å². The lowest BCUT2D eigenvalue weighted by atomic mass is 10.1. The summed E-state index contributed by atoms with van der Waals surface area (Å²) in [5.41, 5.74) is 1.69. The Balaban J connectivity index is 1.26. The van der Waals surface area contributed by atoms with Gasteiger partial charge in [0.1, 0.15) is 46.7 Å². The second-order valence-electron chi connectivity index (χ2n) is 14.3. The van der Waals surface area contributed by atoms with Crippen LogP contribution in [0.25, 0.3) is 0 Å². The molecule has 0 amide bonds. The molecule has 6 aromatic carbocycles. The lowest BCUT2D eigenvalue weighted by Crippen LogP contribution is -2.12. The number of hydrogen-bond acceptors (Lipinski definition) is 13. The molecule has 13 nitrogen and oxygen atoms in total. The van der Waals surface area contributed by atoms with E-state index in [4.69, 9.17) is 59.6 Å². The molecule has 2 atom stereocenters. The van der Waals surface area contributed by atoms with Crippen LogP contribution in [0.3, 0.4) is 0 Å². The Morgan fingerprint density at radius 3 is 1.00 bits per heavy atom. The highest BCUT2D eigenvalue weighted by atomic mass is 31.3. The zero-order valence-electron chi connectivity index (χ0n) is 33.7. The predicted molar refractivity (Wildman–Crippen MR) is 239 cm³/mol. The summed E-state index contributed by atoms with van der Waals surface area (Å²) >= 11 is 0. The van der Waals surface area contributed by atoms with Crippen LogP contribution < -0.4 is 27.1 Å². The van der Waals surface area contributed by atoms with Gasteiger partial charge in [0.15, 0.2) is 0 Å². The minimum atomic E-state index is -4.13. The van der Waals surface area contributed by atoms with E-state index in [1.807, 2.05) is 170 Å². The largest absolute Gasteiger partial charge is 0.460 e. The van der Waals surface area contributed by atoms with Crippen LogP contribution in [0.1, 0.15) is 11.1 Å². The van der Waals surface area contributed by atoms with E-state index >= 15 is 0 Å². The summed E-state index contributed by atoms with van der Waals surface area (Å²) in [7, 11) is -12.2. The number of rotatable bonds is 22. The molecular formula is C46H46N3O10P3. The molecule has 3 aliphatic heterocycles. The summed E-state index contributed by atoms with van der Waals surface area (Å²) < 4.78 is 81.2. The smallest absolute Gasteiger partial charge is 0.413 e. The molecule has 16 heteroatoms. The Kier molecular flexibility index (Phi) is 13.4. The highest BCUT2D eigenvalue weighted by Crippen LogP contribution is 2.78. The molecule has 6 aromatic rings. The minimum Gasteiger partial charge on any atom is -0.413 e. The van der Waals surface area contributed by atoms with E-state index in [9.17, 15) is 0 Å². The van der Waals surface area contributed by atoms with E-state index in [0.29, 0.717) is 87.0 Å². The van der Waals surface area contributed by atoms with Crippen molar-refractivity contribution < 1.29 is 46.1 Å². The molecule has 62 heavy (non-hydrogen) atoms. The third-order valence-corrected chi connectivity index (χ3v) is 17.5. The van der Waals surface area contributed by atoms with E-state index < -0.39 is 23.0 Å². The van der Waals surface area contributed by atoms with Crippen LogP contribution >= 0.6 is 23.0 Å². The van der Waals surface area contributed by atoms with Crippen molar-refractivity contribution in [3.63, 3.8) is 0 Å². The minimum absolute atomic E-state index is 0.137. The van der Waals surface area contributed by atoms with E-state index in [-0.39, 0.29) is 12.2 Å². The fourth-order valence-corrected chi connectivity index (χ4v) is 15.4. The highest BCUT2D eigenvalue weighted by Gasteiger charge is 2.49. The third-order valence-electron chi connectivity index (χ3n) is 9.37. The van der Waals surface area contributed by atoms with Crippen molar-refractivity contribution in [1.29, 1.82) is 0 Å². The van der Waals surface area contributed by atoms with Gasteiger partial charge >= 0.3 is 23.0 Å². The molecule has 0 N–H and O–H groups in total. The average Bonchev–Trinajstić information content (AvgIpc) is 4.24. The second-order valence-corrected chi connectivity index (χ2v) is 20.5. The molecule has 0 bridgehead atoms. The molecule has 9 rings (SSSR count). The molecule has 3 heterocycles. The van der Waals surface area contributed by atoms with Gasteiger partial charge in [-0.2, -0.15) is 0 Å². The maximum Gasteiger partial charge on any atom is 0.460 e. The molecule has 2 fully saturated rings. The van der Waals surface area contributed by atoms with Crippen LogP contribution in [0.4, 0.5) is 0 Å². The van der Waals surface area contributed by atoms with Gasteiger partial charge < -0.3 is 46.1 Å². The number of nitrogens with zero attached hydrogens (tertiary/aromatic N) is 3. The number of ether oxygens (including phenoxy) is 4. The summed E-state index contributed by atoms with van der Waals surface area (Å²) in [5, 5.41) is 0. The molecular weight excluding hydrogens is 847 g/mol. The normalized spacial score (nSPS) is 20.3. The van der Waals surface area contributed by atoms with Crippen molar-refractivity contribution >= 4 is 23.0 Å². The Morgan fingerprint density at radius 1 is 0.387 bits per heavy atom. The zero-order chi connectivity index (χ0) is 41.9. The van der Waals surface area contributed by atoms with Crippen molar-refractivity contribution in [2.75, 3.05) is 39.6 Å². The van der Waals surface area contributed by atoms with Crippen molar-refractivity contribution in [2.45, 2.75) is 25.0 Å². The number of para-hydroxylation sites is 6. The van der Waals surface area contributed by atoms with Gasteiger partial charge in [-0.25, -0.2) is 0 Å². The van der Waals surface area contributed by atoms with E-state index in [1.165, 1.54) is 0 Å². The molecule has 320 valence electrons. The molecule has 0 saturated carbocycles. The molecule has 2 unspecified atom stereocenters. The van der Waals surface area contributed by atoms with Crippen molar-refractivity contribution in [3.05, 3.63) is 181 Å². The maximum absolute atomic E-state index is 7.25. The number of hydrogen-bond donors (Lipinski definition) is 0. The van der Waals surface area contributed by atoms with Crippen LogP contribution in [-0.4, -0.2) is 51.8 Å². The van der Waals surface area contributed by atoms with Gasteiger partial charge in [-0.3, -0.25) is 0 Å². The van der Waals surface area contributed by atoms with Crippen LogP contribution in [0, 0.1) is 0 Å². The fourth-order valence-electron chi connectivity index (χ4n) is 6.21. The summed E-state index contributed by atoms with van der Waals surface area (Å²) in [6.07, 6.45) is 1.32. The third kappa shape index (κ3) is 11.6. The van der Waals surface area contributed by atoms with Crippen LogP contribution in [0.2, 0.25) is 0 Å². The van der Waals surface area contributed by atoms with Gasteiger partial charge in [0, 0.05) is 0 Å². The van der Waals surface area contributed by atoms with Crippen molar-refractivity contribution in [1.82, 2.24) is 0 Å². The van der Waals surface area contributed by atoms with E-state index in [2.05, 4.69) is 0 Å². The fraction of sp³-hybridized carbons (Fsp3) is 0.217. The van der Waals surface area contributed by atoms with Gasteiger partial charge in [0.25, 0.3) is 0 Å². The van der Waals surface area contributed by atoms with Crippen LogP contribution in [-0.2, 0) is 31.8 Å². The van der Waals surface area contributed by atoms with E-state index in [1.54, 1.807) is 0 Å². The van der Waals surface area contributed by atoms with Gasteiger partial charge in [-0.05, 0) is 84.6 Å². The monoisotopic (exact) mass is 893 g/mol. The summed E-state index contributed by atoms with van der Waals surface area (Å²) in [6.45, 7) is 3.32.